The summed E-state index contributed by atoms with van der Waals surface area (Å²) in [5.41, 5.74) is 2.92. The zero-order valence-electron chi connectivity index (χ0n) is 11.1. The minimum atomic E-state index is 0.630. The number of nitrogens with zero attached hydrogens (tertiary/aromatic N) is 2. The van der Waals surface area contributed by atoms with Crippen LogP contribution in [0.15, 0.2) is 39.4 Å². The van der Waals surface area contributed by atoms with Crippen LogP contribution in [0.3, 0.4) is 0 Å². The van der Waals surface area contributed by atoms with Gasteiger partial charge in [-0.25, -0.2) is 0 Å². The molecule has 0 amide bonds. The molecule has 0 aliphatic rings. The van der Waals surface area contributed by atoms with Crippen molar-refractivity contribution in [1.29, 1.82) is 0 Å². The van der Waals surface area contributed by atoms with Crippen molar-refractivity contribution in [2.75, 3.05) is 24.3 Å². The largest absolute Gasteiger partial charge is 0.379 e. The fourth-order valence-corrected chi connectivity index (χ4v) is 3.22. The fourth-order valence-electron chi connectivity index (χ4n) is 1.74. The number of aromatic nitrogens is 1. The van der Waals surface area contributed by atoms with Gasteiger partial charge in [0, 0.05) is 34.9 Å². The van der Waals surface area contributed by atoms with Crippen LogP contribution in [0.2, 0.25) is 5.02 Å². The Morgan fingerprint density at radius 2 is 2.00 bits per heavy atom. The third-order valence-electron chi connectivity index (χ3n) is 2.77. The lowest BCUT2D eigenvalue weighted by Gasteiger charge is -2.15. The zero-order valence-corrected chi connectivity index (χ0v) is 15.1. The van der Waals surface area contributed by atoms with Gasteiger partial charge in [0.2, 0.25) is 0 Å². The molecular weight excluding hydrogens is 405 g/mol. The smallest absolute Gasteiger partial charge is 0.0737 e. The van der Waals surface area contributed by atoms with Gasteiger partial charge < -0.3 is 10.2 Å². The van der Waals surface area contributed by atoms with Gasteiger partial charge in [-0.2, -0.15) is 0 Å². The lowest BCUT2D eigenvalue weighted by Crippen LogP contribution is -2.09. The van der Waals surface area contributed by atoms with Crippen molar-refractivity contribution in [3.63, 3.8) is 0 Å². The quantitative estimate of drug-likeness (QED) is 0.761. The van der Waals surface area contributed by atoms with Crippen LogP contribution in [0.1, 0.15) is 5.69 Å². The van der Waals surface area contributed by atoms with Crippen LogP contribution in [0, 0.1) is 0 Å². The molecule has 0 saturated carbocycles. The van der Waals surface area contributed by atoms with Crippen molar-refractivity contribution in [1.82, 2.24) is 4.98 Å². The lowest BCUT2D eigenvalue weighted by atomic mass is 10.2. The summed E-state index contributed by atoms with van der Waals surface area (Å²) in [4.78, 5) is 6.35. The van der Waals surface area contributed by atoms with Crippen LogP contribution in [0.5, 0.6) is 0 Å². The highest BCUT2D eigenvalue weighted by Crippen LogP contribution is 2.28. The van der Waals surface area contributed by atoms with Crippen molar-refractivity contribution < 1.29 is 0 Å². The molecule has 20 heavy (non-hydrogen) atoms. The van der Waals surface area contributed by atoms with Crippen LogP contribution in [-0.4, -0.2) is 19.1 Å². The molecule has 0 fully saturated rings. The molecule has 0 spiro atoms. The molecule has 2 rings (SSSR count). The van der Waals surface area contributed by atoms with Gasteiger partial charge in [-0.3, -0.25) is 4.98 Å². The van der Waals surface area contributed by atoms with Crippen molar-refractivity contribution in [3.8, 4) is 0 Å². The maximum atomic E-state index is 6.25. The molecule has 1 aromatic heterocycles. The molecule has 0 bridgehead atoms. The first-order chi connectivity index (χ1) is 9.47. The van der Waals surface area contributed by atoms with Crippen molar-refractivity contribution in [3.05, 3.63) is 50.1 Å². The number of anilines is 2. The monoisotopic (exact) mass is 417 g/mol. The first-order valence-electron chi connectivity index (χ1n) is 5.98. The molecule has 1 heterocycles. The van der Waals surface area contributed by atoms with E-state index in [0.717, 1.165) is 31.0 Å². The predicted molar refractivity (Wildman–Crippen MR) is 92.7 cm³/mol. The van der Waals surface area contributed by atoms with E-state index in [9.17, 15) is 0 Å². The van der Waals surface area contributed by atoms with Crippen LogP contribution < -0.4 is 10.2 Å². The van der Waals surface area contributed by atoms with Gasteiger partial charge in [-0.1, -0.05) is 11.6 Å². The van der Waals surface area contributed by atoms with Crippen molar-refractivity contribution >= 4 is 54.8 Å². The second-order valence-corrected chi connectivity index (χ2v) is 6.67. The number of pyridine rings is 1. The lowest BCUT2D eigenvalue weighted by molar-refractivity contribution is 1.03. The molecule has 6 heteroatoms. The van der Waals surface area contributed by atoms with Gasteiger partial charge in [0.15, 0.2) is 0 Å². The number of hydrogen-bond donors (Lipinski definition) is 1. The molecule has 0 saturated heterocycles. The molecule has 0 aliphatic heterocycles. The second-order valence-electron chi connectivity index (χ2n) is 4.50. The normalized spacial score (nSPS) is 10.4. The van der Waals surface area contributed by atoms with Gasteiger partial charge in [-0.05, 0) is 56.1 Å². The summed E-state index contributed by atoms with van der Waals surface area (Å²) in [5.74, 6) is 0. The van der Waals surface area contributed by atoms with E-state index in [4.69, 9.17) is 11.6 Å². The Kier molecular flexibility index (Phi) is 5.29. The number of rotatable bonds is 4. The molecule has 3 nitrogen and oxygen atoms in total. The van der Waals surface area contributed by atoms with Gasteiger partial charge in [-0.15, -0.1) is 0 Å². The van der Waals surface area contributed by atoms with E-state index in [1.54, 1.807) is 6.20 Å². The minimum Gasteiger partial charge on any atom is -0.379 e. The highest BCUT2D eigenvalue weighted by Gasteiger charge is 2.05. The van der Waals surface area contributed by atoms with E-state index < -0.39 is 0 Å². The third kappa shape index (κ3) is 3.87. The highest BCUT2D eigenvalue weighted by atomic mass is 79.9. The maximum Gasteiger partial charge on any atom is 0.0737 e. The van der Waals surface area contributed by atoms with Crippen molar-refractivity contribution in [2.24, 2.45) is 0 Å². The summed E-state index contributed by atoms with van der Waals surface area (Å²) < 4.78 is 1.92. The highest BCUT2D eigenvalue weighted by molar-refractivity contribution is 9.11. The van der Waals surface area contributed by atoms with Crippen LogP contribution >= 0.6 is 43.5 Å². The molecule has 0 atom stereocenters. The van der Waals surface area contributed by atoms with Gasteiger partial charge in [0.05, 0.1) is 22.9 Å². The van der Waals surface area contributed by atoms with Crippen LogP contribution in [0.4, 0.5) is 11.4 Å². The summed E-state index contributed by atoms with van der Waals surface area (Å²) in [6.45, 7) is 0.630. The van der Waals surface area contributed by atoms with E-state index in [2.05, 4.69) is 42.2 Å². The Hall–Kier alpha value is -0.780. The zero-order chi connectivity index (χ0) is 14.7. The van der Waals surface area contributed by atoms with E-state index >= 15 is 0 Å². The average molecular weight is 420 g/mol. The van der Waals surface area contributed by atoms with Gasteiger partial charge >= 0.3 is 0 Å². The Balaban J connectivity index is 2.09. The number of hydrogen-bond acceptors (Lipinski definition) is 3. The Morgan fingerprint density at radius 1 is 1.25 bits per heavy atom. The number of halogens is 3. The first kappa shape index (κ1) is 15.6. The molecule has 1 aromatic carbocycles. The van der Waals surface area contributed by atoms with Crippen LogP contribution in [-0.2, 0) is 6.54 Å². The van der Waals surface area contributed by atoms with Crippen molar-refractivity contribution in [2.45, 2.75) is 6.54 Å². The van der Waals surface area contributed by atoms with E-state index in [0.29, 0.717) is 6.54 Å². The summed E-state index contributed by atoms with van der Waals surface area (Å²) in [6.07, 6.45) is 1.78. The third-order valence-corrected chi connectivity index (χ3v) is 4.20. The molecular formula is C14H14Br2ClN3. The summed E-state index contributed by atoms with van der Waals surface area (Å²) >= 11 is 13.1. The minimum absolute atomic E-state index is 0.630. The van der Waals surface area contributed by atoms with Gasteiger partial charge in [0.1, 0.15) is 0 Å². The topological polar surface area (TPSA) is 28.2 Å². The average Bonchev–Trinajstić information content (AvgIpc) is 2.37. The second kappa shape index (κ2) is 6.78. The Morgan fingerprint density at radius 3 is 2.60 bits per heavy atom. The SMILES string of the molecule is CN(C)c1ccc(NCc2ncc(Br)cc2Br)cc1Cl. The molecule has 0 aliphatic carbocycles. The summed E-state index contributed by atoms with van der Waals surface area (Å²) in [7, 11) is 3.94. The number of benzene rings is 1. The Bertz CT molecular complexity index is 617. The Labute approximate surface area is 140 Å². The summed E-state index contributed by atoms with van der Waals surface area (Å²) in [5, 5.41) is 4.04. The standard InChI is InChI=1S/C14H14Br2ClN3/c1-20(2)14-4-3-10(6-12(14)17)18-8-13-11(16)5-9(15)7-19-13/h3-7,18H,8H2,1-2H3. The molecule has 2 aromatic rings. The molecule has 0 radical (unpaired) electrons. The molecule has 106 valence electrons. The van der Waals surface area contributed by atoms with E-state index in [1.807, 2.05) is 43.3 Å². The fraction of sp³-hybridized carbons (Fsp3) is 0.214. The van der Waals surface area contributed by atoms with Crippen LogP contribution in [0.25, 0.3) is 0 Å². The van der Waals surface area contributed by atoms with E-state index in [-0.39, 0.29) is 0 Å². The number of nitrogens with one attached hydrogen (secondary N) is 1. The summed E-state index contributed by atoms with van der Waals surface area (Å²) in [6, 6.07) is 7.90. The first-order valence-corrected chi connectivity index (χ1v) is 7.94. The molecule has 0 unspecified atom stereocenters. The molecule has 1 N–H and O–H groups in total. The van der Waals surface area contributed by atoms with Gasteiger partial charge in [0.25, 0.3) is 0 Å². The predicted octanol–water partition coefficient (Wildman–Crippen LogP) is 4.94. The maximum absolute atomic E-state index is 6.25. The van der Waals surface area contributed by atoms with E-state index in [1.165, 1.54) is 0 Å².